The van der Waals surface area contributed by atoms with Crippen LogP contribution >= 0.6 is 0 Å². The van der Waals surface area contributed by atoms with Crippen molar-refractivity contribution in [3.63, 3.8) is 0 Å². The van der Waals surface area contributed by atoms with Gasteiger partial charge in [-0.1, -0.05) is 27.7 Å². The van der Waals surface area contributed by atoms with Crippen molar-refractivity contribution < 1.29 is 13.6 Å². The fourth-order valence-corrected chi connectivity index (χ4v) is 2.91. The number of carbonyl (C=O) groups excluding carboxylic acids is 1. The van der Waals surface area contributed by atoms with Crippen molar-refractivity contribution in [3.05, 3.63) is 29.3 Å². The summed E-state index contributed by atoms with van der Waals surface area (Å²) in [6, 6.07) is 1.73. The van der Waals surface area contributed by atoms with E-state index in [2.05, 4.69) is 33.0 Å². The van der Waals surface area contributed by atoms with Gasteiger partial charge in [-0.2, -0.15) is 0 Å². The van der Waals surface area contributed by atoms with E-state index in [0.29, 0.717) is 12.5 Å². The molecular weight excluding hydrogens is 262 g/mol. The zero-order valence-electron chi connectivity index (χ0n) is 12.2. The van der Waals surface area contributed by atoms with Gasteiger partial charge in [-0.25, -0.2) is 8.78 Å². The summed E-state index contributed by atoms with van der Waals surface area (Å²) >= 11 is 0. The van der Waals surface area contributed by atoms with Crippen molar-refractivity contribution >= 4 is 11.6 Å². The molecule has 0 atom stereocenters. The Morgan fingerprint density at radius 2 is 1.80 bits per heavy atom. The van der Waals surface area contributed by atoms with Crippen LogP contribution in [0.25, 0.3) is 0 Å². The molecule has 3 nitrogen and oxygen atoms in total. The number of nitrogen functional groups attached to an aromatic ring is 1. The Morgan fingerprint density at radius 3 is 2.30 bits per heavy atom. The van der Waals surface area contributed by atoms with Gasteiger partial charge in [-0.15, -0.1) is 0 Å². The predicted molar refractivity (Wildman–Crippen MR) is 74.2 cm³/mol. The standard InChI is InChI=1S/C15H20F2N2O/c1-14(2)11(15(14,3)4)7-19-13(20)9-5-8(16)6-10(18)12(9)17/h5-6,11H,7,18H2,1-4H3,(H,19,20). The topological polar surface area (TPSA) is 55.1 Å². The third-order valence-corrected chi connectivity index (χ3v) is 5.10. The maximum atomic E-state index is 13.7. The number of benzene rings is 1. The van der Waals surface area contributed by atoms with Crippen LogP contribution in [-0.4, -0.2) is 12.5 Å². The first-order valence-corrected chi connectivity index (χ1v) is 6.61. The number of amides is 1. The molecule has 0 aromatic heterocycles. The molecule has 1 aliphatic rings. The van der Waals surface area contributed by atoms with E-state index < -0.39 is 17.5 Å². The number of hydrogen-bond donors (Lipinski definition) is 2. The number of nitrogens with two attached hydrogens (primary N) is 1. The van der Waals surface area contributed by atoms with Crippen LogP contribution in [0.3, 0.4) is 0 Å². The van der Waals surface area contributed by atoms with Crippen LogP contribution in [0.2, 0.25) is 0 Å². The molecular formula is C15H20F2N2O. The van der Waals surface area contributed by atoms with Crippen molar-refractivity contribution in [2.75, 3.05) is 12.3 Å². The molecule has 3 N–H and O–H groups in total. The second-order valence-electron chi connectivity index (χ2n) is 6.56. The summed E-state index contributed by atoms with van der Waals surface area (Å²) in [6.07, 6.45) is 0. The molecule has 1 fully saturated rings. The summed E-state index contributed by atoms with van der Waals surface area (Å²) in [7, 11) is 0. The lowest BCUT2D eigenvalue weighted by molar-refractivity contribution is 0.0945. The second-order valence-corrected chi connectivity index (χ2v) is 6.56. The molecule has 0 heterocycles. The van der Waals surface area contributed by atoms with Crippen LogP contribution in [0.1, 0.15) is 38.1 Å². The van der Waals surface area contributed by atoms with E-state index in [9.17, 15) is 13.6 Å². The maximum absolute atomic E-state index is 13.7. The number of carbonyl (C=O) groups is 1. The van der Waals surface area contributed by atoms with Crippen molar-refractivity contribution in [1.82, 2.24) is 5.32 Å². The largest absolute Gasteiger partial charge is 0.396 e. The Labute approximate surface area is 117 Å². The predicted octanol–water partition coefficient (Wildman–Crippen LogP) is 2.96. The van der Waals surface area contributed by atoms with E-state index in [0.717, 1.165) is 12.1 Å². The summed E-state index contributed by atoms with van der Waals surface area (Å²) in [4.78, 5) is 12.0. The highest BCUT2D eigenvalue weighted by Crippen LogP contribution is 2.67. The van der Waals surface area contributed by atoms with Gasteiger partial charge in [0.25, 0.3) is 5.91 Å². The second kappa shape index (κ2) is 4.43. The molecule has 2 rings (SSSR count). The first kappa shape index (κ1) is 14.8. The highest BCUT2D eigenvalue weighted by molar-refractivity contribution is 5.95. The highest BCUT2D eigenvalue weighted by atomic mass is 19.1. The Balaban J connectivity index is 2.08. The van der Waals surface area contributed by atoms with Crippen molar-refractivity contribution in [2.45, 2.75) is 27.7 Å². The van der Waals surface area contributed by atoms with Gasteiger partial charge in [0.1, 0.15) is 5.82 Å². The Bertz CT molecular complexity index is 553. The fourth-order valence-electron chi connectivity index (χ4n) is 2.91. The minimum atomic E-state index is -0.877. The van der Waals surface area contributed by atoms with Crippen LogP contribution in [0, 0.1) is 28.4 Å². The molecule has 1 aromatic carbocycles. The van der Waals surface area contributed by atoms with Crippen LogP contribution < -0.4 is 11.1 Å². The van der Waals surface area contributed by atoms with Crippen LogP contribution in [0.4, 0.5) is 14.5 Å². The molecule has 0 bridgehead atoms. The number of rotatable bonds is 3. The molecule has 1 amide bonds. The normalized spacial score (nSPS) is 19.7. The van der Waals surface area contributed by atoms with Gasteiger partial charge in [-0.05, 0) is 28.9 Å². The molecule has 5 heteroatoms. The maximum Gasteiger partial charge on any atom is 0.254 e. The third kappa shape index (κ3) is 2.15. The molecule has 0 unspecified atom stereocenters. The molecule has 0 spiro atoms. The molecule has 1 saturated carbocycles. The van der Waals surface area contributed by atoms with Gasteiger partial charge in [0.15, 0.2) is 5.82 Å². The van der Waals surface area contributed by atoms with E-state index in [-0.39, 0.29) is 22.1 Å². The van der Waals surface area contributed by atoms with Gasteiger partial charge in [-0.3, -0.25) is 4.79 Å². The average Bonchev–Trinajstić information content (AvgIpc) is 2.71. The number of hydrogen-bond acceptors (Lipinski definition) is 2. The lowest BCUT2D eigenvalue weighted by atomic mass is 10.0. The van der Waals surface area contributed by atoms with Gasteiger partial charge in [0.05, 0.1) is 11.3 Å². The van der Waals surface area contributed by atoms with E-state index in [1.165, 1.54) is 0 Å². The zero-order chi connectivity index (χ0) is 15.3. The van der Waals surface area contributed by atoms with Crippen molar-refractivity contribution in [2.24, 2.45) is 16.7 Å². The lowest BCUT2D eigenvalue weighted by Gasteiger charge is -2.08. The van der Waals surface area contributed by atoms with Crippen LogP contribution in [0.5, 0.6) is 0 Å². The SMILES string of the molecule is CC1(C)C(CNC(=O)c2cc(F)cc(N)c2F)C1(C)C. The van der Waals surface area contributed by atoms with Crippen LogP contribution in [-0.2, 0) is 0 Å². The first-order valence-electron chi connectivity index (χ1n) is 6.61. The molecule has 110 valence electrons. The molecule has 0 radical (unpaired) electrons. The van der Waals surface area contributed by atoms with Gasteiger partial charge in [0.2, 0.25) is 0 Å². The molecule has 20 heavy (non-hydrogen) atoms. The number of nitrogens with one attached hydrogen (secondary N) is 1. The number of anilines is 1. The fraction of sp³-hybridized carbons (Fsp3) is 0.533. The summed E-state index contributed by atoms with van der Waals surface area (Å²) in [5.74, 6) is -1.92. The van der Waals surface area contributed by atoms with E-state index in [4.69, 9.17) is 5.73 Å². The minimum Gasteiger partial charge on any atom is -0.396 e. The molecule has 1 aromatic rings. The number of halogens is 2. The van der Waals surface area contributed by atoms with Gasteiger partial charge < -0.3 is 11.1 Å². The van der Waals surface area contributed by atoms with Gasteiger partial charge in [0, 0.05) is 6.54 Å². The Hall–Kier alpha value is -1.65. The Morgan fingerprint density at radius 1 is 1.25 bits per heavy atom. The van der Waals surface area contributed by atoms with Crippen molar-refractivity contribution in [3.8, 4) is 0 Å². The summed E-state index contributed by atoms with van der Waals surface area (Å²) in [5.41, 5.74) is 4.86. The summed E-state index contributed by atoms with van der Waals surface area (Å²) in [6.45, 7) is 8.96. The minimum absolute atomic E-state index is 0.125. The quantitative estimate of drug-likeness (QED) is 0.837. The zero-order valence-corrected chi connectivity index (χ0v) is 12.2. The summed E-state index contributed by atoms with van der Waals surface area (Å²) < 4.78 is 26.9. The van der Waals surface area contributed by atoms with Gasteiger partial charge >= 0.3 is 0 Å². The molecule has 1 aliphatic carbocycles. The molecule has 0 saturated heterocycles. The smallest absolute Gasteiger partial charge is 0.254 e. The average molecular weight is 282 g/mol. The summed E-state index contributed by atoms with van der Waals surface area (Å²) in [5, 5.41) is 2.67. The van der Waals surface area contributed by atoms with E-state index >= 15 is 0 Å². The van der Waals surface area contributed by atoms with Crippen molar-refractivity contribution in [1.29, 1.82) is 0 Å². The Kier molecular flexibility index (Phi) is 3.27. The monoisotopic (exact) mass is 282 g/mol. The highest BCUT2D eigenvalue weighted by Gasteiger charge is 2.64. The molecule has 0 aliphatic heterocycles. The third-order valence-electron chi connectivity index (χ3n) is 5.10. The van der Waals surface area contributed by atoms with Crippen LogP contribution in [0.15, 0.2) is 12.1 Å². The lowest BCUT2D eigenvalue weighted by Crippen LogP contribution is -2.28. The first-order chi connectivity index (χ1) is 9.09. The van der Waals surface area contributed by atoms with E-state index in [1.807, 2.05) is 0 Å². The van der Waals surface area contributed by atoms with E-state index in [1.54, 1.807) is 0 Å².